The lowest BCUT2D eigenvalue weighted by atomic mass is 10.2. The quantitative estimate of drug-likeness (QED) is 0.846. The number of nitrogens with zero attached hydrogens (tertiary/aromatic N) is 2. The summed E-state index contributed by atoms with van der Waals surface area (Å²) in [5.41, 5.74) is 8.34. The van der Waals surface area contributed by atoms with Crippen LogP contribution in [0.25, 0.3) is 11.7 Å². The van der Waals surface area contributed by atoms with Crippen LogP contribution in [0, 0.1) is 0 Å². The van der Waals surface area contributed by atoms with E-state index in [0.29, 0.717) is 11.7 Å². The van der Waals surface area contributed by atoms with Crippen LogP contribution in [0.5, 0.6) is 0 Å². The van der Waals surface area contributed by atoms with Crippen molar-refractivity contribution in [2.45, 2.75) is 6.92 Å². The number of pyridine rings is 1. The van der Waals surface area contributed by atoms with Gasteiger partial charge in [0.05, 0.1) is 5.69 Å². The number of imidazole rings is 1. The summed E-state index contributed by atoms with van der Waals surface area (Å²) in [6.07, 6.45) is 3.90. The van der Waals surface area contributed by atoms with Gasteiger partial charge in [-0.3, -0.25) is 4.40 Å². The lowest BCUT2D eigenvalue weighted by Gasteiger charge is -1.98. The maximum absolute atomic E-state index is 6.05. The molecular formula is C11H12ClN3. The topological polar surface area (TPSA) is 43.3 Å². The van der Waals surface area contributed by atoms with Gasteiger partial charge in [-0.15, -0.1) is 0 Å². The van der Waals surface area contributed by atoms with E-state index in [1.54, 1.807) is 0 Å². The molecule has 78 valence electrons. The Kier molecular flexibility index (Phi) is 2.75. The smallest absolute Gasteiger partial charge is 0.155 e. The van der Waals surface area contributed by atoms with Gasteiger partial charge in [-0.05, 0) is 25.1 Å². The summed E-state index contributed by atoms with van der Waals surface area (Å²) < 4.78 is 1.95. The van der Waals surface area contributed by atoms with Crippen LogP contribution in [0.3, 0.4) is 0 Å². The molecule has 0 bridgehead atoms. The van der Waals surface area contributed by atoms with E-state index in [1.165, 1.54) is 0 Å². The largest absolute Gasteiger partial charge is 0.327 e. The number of rotatable bonds is 2. The Balaban J connectivity index is 2.64. The van der Waals surface area contributed by atoms with E-state index in [4.69, 9.17) is 17.3 Å². The Morgan fingerprint density at radius 2 is 2.40 bits per heavy atom. The van der Waals surface area contributed by atoms with Crippen LogP contribution in [-0.2, 0) is 0 Å². The van der Waals surface area contributed by atoms with Gasteiger partial charge in [0.2, 0.25) is 0 Å². The third-order valence-corrected chi connectivity index (χ3v) is 2.51. The molecule has 15 heavy (non-hydrogen) atoms. The molecule has 0 fully saturated rings. The molecule has 0 aliphatic heterocycles. The fourth-order valence-corrected chi connectivity index (χ4v) is 1.64. The van der Waals surface area contributed by atoms with Crippen LogP contribution in [0.2, 0.25) is 5.15 Å². The summed E-state index contributed by atoms with van der Waals surface area (Å²) >= 11 is 6.05. The minimum atomic E-state index is 0.508. The summed E-state index contributed by atoms with van der Waals surface area (Å²) in [6.45, 7) is 2.50. The van der Waals surface area contributed by atoms with Crippen molar-refractivity contribution < 1.29 is 0 Å². The molecule has 0 aromatic carbocycles. The highest BCUT2D eigenvalue weighted by atomic mass is 35.5. The molecule has 3 nitrogen and oxygen atoms in total. The number of hydrogen-bond acceptors (Lipinski definition) is 2. The van der Waals surface area contributed by atoms with E-state index in [-0.39, 0.29) is 0 Å². The van der Waals surface area contributed by atoms with Gasteiger partial charge >= 0.3 is 0 Å². The van der Waals surface area contributed by atoms with E-state index in [1.807, 2.05) is 41.8 Å². The Labute approximate surface area is 93.2 Å². The van der Waals surface area contributed by atoms with E-state index in [0.717, 1.165) is 16.9 Å². The number of fused-ring (bicyclic) bond motifs is 1. The summed E-state index contributed by atoms with van der Waals surface area (Å²) in [5.74, 6) is 0. The van der Waals surface area contributed by atoms with Crippen LogP contribution in [-0.4, -0.2) is 15.9 Å². The maximum Gasteiger partial charge on any atom is 0.155 e. The molecule has 0 saturated heterocycles. The predicted molar refractivity (Wildman–Crippen MR) is 62.9 cm³/mol. The molecule has 0 aliphatic rings. The van der Waals surface area contributed by atoms with Crippen molar-refractivity contribution in [3.63, 3.8) is 0 Å². The first-order valence-electron chi connectivity index (χ1n) is 4.72. The molecule has 4 heteroatoms. The zero-order valence-electron chi connectivity index (χ0n) is 8.44. The highest BCUT2D eigenvalue weighted by molar-refractivity contribution is 6.31. The van der Waals surface area contributed by atoms with E-state index in [9.17, 15) is 0 Å². The molecule has 0 saturated carbocycles. The fourth-order valence-electron chi connectivity index (χ4n) is 1.41. The van der Waals surface area contributed by atoms with Gasteiger partial charge in [0.25, 0.3) is 0 Å². The van der Waals surface area contributed by atoms with Crippen molar-refractivity contribution in [1.82, 2.24) is 9.38 Å². The van der Waals surface area contributed by atoms with Gasteiger partial charge in [0.15, 0.2) is 5.15 Å². The van der Waals surface area contributed by atoms with Crippen molar-refractivity contribution in [2.24, 2.45) is 5.73 Å². The summed E-state index contributed by atoms with van der Waals surface area (Å²) in [7, 11) is 0. The normalized spacial score (nSPS) is 12.3. The number of hydrogen-bond donors (Lipinski definition) is 1. The molecule has 0 unspecified atom stereocenters. The van der Waals surface area contributed by atoms with Crippen LogP contribution >= 0.6 is 11.6 Å². The van der Waals surface area contributed by atoms with E-state index in [2.05, 4.69) is 4.98 Å². The van der Waals surface area contributed by atoms with Gasteiger partial charge in [-0.25, -0.2) is 4.98 Å². The Morgan fingerprint density at radius 3 is 3.13 bits per heavy atom. The maximum atomic E-state index is 6.05. The van der Waals surface area contributed by atoms with Crippen molar-refractivity contribution in [3.8, 4) is 0 Å². The van der Waals surface area contributed by atoms with E-state index >= 15 is 0 Å². The standard InChI is InChI=1S/C11H12ClN3/c1-8(7-13)6-9-11(12)14-10-4-2-3-5-15(9)10/h2-6H,7,13H2,1H3. The monoisotopic (exact) mass is 221 g/mol. The number of aromatic nitrogens is 2. The van der Waals surface area contributed by atoms with Crippen LogP contribution in [0.1, 0.15) is 12.6 Å². The molecule has 0 amide bonds. The third kappa shape index (κ3) is 1.89. The van der Waals surface area contributed by atoms with Crippen molar-refractivity contribution in [2.75, 3.05) is 6.54 Å². The Morgan fingerprint density at radius 1 is 1.60 bits per heavy atom. The SMILES string of the molecule is CC(=Cc1c(Cl)nc2ccccn12)CN. The van der Waals surface area contributed by atoms with Crippen molar-refractivity contribution in [3.05, 3.63) is 40.8 Å². The Bertz CT molecular complexity index is 514. The molecule has 0 spiro atoms. The van der Waals surface area contributed by atoms with Crippen LogP contribution in [0.4, 0.5) is 0 Å². The summed E-state index contributed by atoms with van der Waals surface area (Å²) in [4.78, 5) is 4.24. The fraction of sp³-hybridized carbons (Fsp3) is 0.182. The lowest BCUT2D eigenvalue weighted by Crippen LogP contribution is -1.99. The summed E-state index contributed by atoms with van der Waals surface area (Å²) in [5, 5.41) is 0.508. The molecule has 0 radical (unpaired) electrons. The van der Waals surface area contributed by atoms with Crippen LogP contribution < -0.4 is 5.73 Å². The van der Waals surface area contributed by atoms with Crippen molar-refractivity contribution >= 4 is 23.3 Å². The molecular weight excluding hydrogens is 210 g/mol. The zero-order valence-corrected chi connectivity index (χ0v) is 9.20. The van der Waals surface area contributed by atoms with Gasteiger partial charge in [-0.2, -0.15) is 0 Å². The van der Waals surface area contributed by atoms with E-state index < -0.39 is 0 Å². The second kappa shape index (κ2) is 4.04. The minimum absolute atomic E-state index is 0.508. The first-order valence-corrected chi connectivity index (χ1v) is 5.10. The average molecular weight is 222 g/mol. The second-order valence-electron chi connectivity index (χ2n) is 3.41. The number of nitrogens with two attached hydrogens (primary N) is 1. The van der Waals surface area contributed by atoms with Gasteiger partial charge in [0, 0.05) is 12.7 Å². The highest BCUT2D eigenvalue weighted by Crippen LogP contribution is 2.19. The summed E-state index contributed by atoms with van der Waals surface area (Å²) in [6, 6.07) is 5.79. The van der Waals surface area contributed by atoms with Crippen molar-refractivity contribution in [1.29, 1.82) is 0 Å². The molecule has 2 aromatic heterocycles. The molecule has 2 heterocycles. The molecule has 0 aliphatic carbocycles. The molecule has 2 N–H and O–H groups in total. The average Bonchev–Trinajstić information content (AvgIpc) is 2.55. The minimum Gasteiger partial charge on any atom is -0.327 e. The first-order chi connectivity index (χ1) is 7.22. The Hall–Kier alpha value is -1.32. The lowest BCUT2D eigenvalue weighted by molar-refractivity contribution is 1.13. The second-order valence-corrected chi connectivity index (χ2v) is 3.77. The molecule has 0 atom stereocenters. The van der Waals surface area contributed by atoms with Crippen LogP contribution in [0.15, 0.2) is 30.0 Å². The van der Waals surface area contributed by atoms with Gasteiger partial charge < -0.3 is 5.73 Å². The zero-order chi connectivity index (χ0) is 10.8. The third-order valence-electron chi connectivity index (χ3n) is 2.23. The predicted octanol–water partition coefficient (Wildman–Crippen LogP) is 2.35. The first kappa shape index (κ1) is 10.2. The highest BCUT2D eigenvalue weighted by Gasteiger charge is 2.06. The van der Waals surface area contributed by atoms with Gasteiger partial charge in [-0.1, -0.05) is 23.2 Å². The number of halogens is 1. The molecule has 2 rings (SSSR count). The molecule has 2 aromatic rings. The van der Waals surface area contributed by atoms with Gasteiger partial charge in [0.1, 0.15) is 5.65 Å².